The molecule has 2 atom stereocenters. The van der Waals surface area contributed by atoms with Crippen molar-refractivity contribution in [3.05, 3.63) is 47.0 Å². The molecule has 2 heterocycles. The number of anilines is 2. The first kappa shape index (κ1) is 22.3. The smallest absolute Gasteiger partial charge is 0.265 e. The van der Waals surface area contributed by atoms with Crippen LogP contribution in [-0.2, 0) is 19.6 Å². The molecule has 0 saturated carbocycles. The van der Waals surface area contributed by atoms with Gasteiger partial charge in [-0.25, -0.2) is 8.42 Å². The molecular weight excluding hydrogens is 430 g/mol. The highest BCUT2D eigenvalue weighted by molar-refractivity contribution is 7.89. The molecule has 2 N–H and O–H groups in total. The van der Waals surface area contributed by atoms with Crippen LogP contribution < -0.4 is 15.4 Å². The van der Waals surface area contributed by atoms with Gasteiger partial charge in [0.15, 0.2) is 6.10 Å². The van der Waals surface area contributed by atoms with Crippen LogP contribution in [0.4, 0.5) is 11.4 Å². The third-order valence-electron chi connectivity index (χ3n) is 5.79. The van der Waals surface area contributed by atoms with Gasteiger partial charge in [-0.1, -0.05) is 6.07 Å². The first-order chi connectivity index (χ1) is 15.1. The van der Waals surface area contributed by atoms with E-state index in [9.17, 15) is 18.0 Å². The van der Waals surface area contributed by atoms with E-state index < -0.39 is 22.2 Å². The van der Waals surface area contributed by atoms with Crippen LogP contribution in [0, 0.1) is 20.8 Å². The fourth-order valence-corrected chi connectivity index (χ4v) is 6.19. The van der Waals surface area contributed by atoms with Gasteiger partial charge < -0.3 is 15.4 Å². The van der Waals surface area contributed by atoms with Crippen molar-refractivity contribution in [1.29, 1.82) is 0 Å². The second kappa shape index (κ2) is 8.22. The Bertz CT molecular complexity index is 1190. The molecule has 0 aromatic heterocycles. The van der Waals surface area contributed by atoms with Crippen LogP contribution in [0.2, 0.25) is 0 Å². The van der Waals surface area contributed by atoms with Crippen LogP contribution in [0.15, 0.2) is 35.2 Å². The average molecular weight is 458 g/mol. The fourth-order valence-electron chi connectivity index (χ4n) is 4.31. The van der Waals surface area contributed by atoms with Crippen LogP contribution in [-0.4, -0.2) is 43.2 Å². The minimum Gasteiger partial charge on any atom is -0.479 e. The molecule has 32 heavy (non-hydrogen) atoms. The van der Waals surface area contributed by atoms with Gasteiger partial charge in [-0.2, -0.15) is 4.31 Å². The molecule has 1 fully saturated rings. The van der Waals surface area contributed by atoms with Gasteiger partial charge in [-0.15, -0.1) is 0 Å². The molecule has 2 aliphatic rings. The first-order valence-electron chi connectivity index (χ1n) is 10.6. The summed E-state index contributed by atoms with van der Waals surface area (Å²) in [7, 11) is -3.96. The van der Waals surface area contributed by atoms with E-state index in [0.29, 0.717) is 35.5 Å². The lowest BCUT2D eigenvalue weighted by atomic mass is 10.1. The second-order valence-electron chi connectivity index (χ2n) is 8.50. The van der Waals surface area contributed by atoms with Crippen molar-refractivity contribution in [3.8, 4) is 5.75 Å². The molecule has 0 radical (unpaired) electrons. The van der Waals surface area contributed by atoms with Crippen LogP contribution >= 0.6 is 0 Å². The molecule has 8 nitrogen and oxygen atoms in total. The highest BCUT2D eigenvalue weighted by atomic mass is 32.2. The Hall–Kier alpha value is -2.91. The monoisotopic (exact) mass is 457 g/mol. The van der Waals surface area contributed by atoms with Gasteiger partial charge in [0.05, 0.1) is 10.6 Å². The molecule has 2 aromatic rings. The Morgan fingerprint density at radius 1 is 1.12 bits per heavy atom. The van der Waals surface area contributed by atoms with Crippen molar-refractivity contribution < 1.29 is 22.7 Å². The highest BCUT2D eigenvalue weighted by Gasteiger charge is 2.40. The Kier molecular flexibility index (Phi) is 5.72. The second-order valence-corrected chi connectivity index (χ2v) is 10.4. The lowest BCUT2D eigenvalue weighted by molar-refractivity contribution is -0.122. The number of carbonyl (C=O) groups excluding carboxylic acids is 2. The minimum absolute atomic E-state index is 0.0747. The number of rotatable bonds is 4. The number of nitrogens with one attached hydrogen (secondary N) is 2. The normalized spacial score (nSPS) is 20.9. The molecule has 1 saturated heterocycles. The number of hydrogen-bond acceptors (Lipinski definition) is 5. The predicted molar refractivity (Wildman–Crippen MR) is 121 cm³/mol. The maximum absolute atomic E-state index is 13.6. The van der Waals surface area contributed by atoms with Gasteiger partial charge in [-0.3, -0.25) is 9.59 Å². The van der Waals surface area contributed by atoms with E-state index in [1.807, 2.05) is 32.0 Å². The molecule has 0 spiro atoms. The summed E-state index contributed by atoms with van der Waals surface area (Å²) >= 11 is 0. The van der Waals surface area contributed by atoms with Gasteiger partial charge in [0, 0.05) is 18.3 Å². The lowest BCUT2D eigenvalue weighted by Crippen LogP contribution is -2.43. The Morgan fingerprint density at radius 2 is 1.81 bits per heavy atom. The topological polar surface area (TPSA) is 105 Å². The third-order valence-corrected chi connectivity index (χ3v) is 7.84. The summed E-state index contributed by atoms with van der Waals surface area (Å²) in [5.41, 5.74) is 3.60. The van der Waals surface area contributed by atoms with Gasteiger partial charge in [-0.05, 0) is 75.4 Å². The Balaban J connectivity index is 1.62. The number of amides is 2. The average Bonchev–Trinajstić information content (AvgIpc) is 3.19. The van der Waals surface area contributed by atoms with Gasteiger partial charge >= 0.3 is 0 Å². The quantitative estimate of drug-likeness (QED) is 0.734. The zero-order valence-electron chi connectivity index (χ0n) is 18.6. The number of hydrogen-bond donors (Lipinski definition) is 2. The molecule has 0 unspecified atom stereocenters. The number of aryl methyl sites for hydroxylation is 3. The number of carbonyl (C=O) groups is 2. The minimum atomic E-state index is -3.96. The van der Waals surface area contributed by atoms with E-state index in [0.717, 1.165) is 11.1 Å². The van der Waals surface area contributed by atoms with Crippen molar-refractivity contribution in [2.45, 2.75) is 57.6 Å². The van der Waals surface area contributed by atoms with Crippen molar-refractivity contribution in [2.75, 3.05) is 17.2 Å². The Morgan fingerprint density at radius 3 is 2.50 bits per heavy atom. The molecule has 2 aliphatic heterocycles. The lowest BCUT2D eigenvalue weighted by Gasteiger charge is -2.27. The molecular formula is C23H27N3O5S. The number of nitrogens with zero attached hydrogens (tertiary/aromatic N) is 1. The van der Waals surface area contributed by atoms with Crippen LogP contribution in [0.25, 0.3) is 0 Å². The van der Waals surface area contributed by atoms with Gasteiger partial charge in [0.2, 0.25) is 15.9 Å². The summed E-state index contributed by atoms with van der Waals surface area (Å²) in [6, 6.07) is 7.96. The van der Waals surface area contributed by atoms with E-state index in [1.54, 1.807) is 19.9 Å². The van der Waals surface area contributed by atoms with Crippen molar-refractivity contribution in [1.82, 2.24) is 4.31 Å². The summed E-state index contributed by atoms with van der Waals surface area (Å²) in [6.07, 6.45) is 0.324. The number of ether oxygens (including phenoxy) is 1. The van der Waals surface area contributed by atoms with Crippen LogP contribution in [0.3, 0.4) is 0 Å². The first-order valence-corrected chi connectivity index (χ1v) is 12.0. The summed E-state index contributed by atoms with van der Waals surface area (Å²) in [5.74, 6) is -0.323. The van der Waals surface area contributed by atoms with Crippen molar-refractivity contribution in [3.63, 3.8) is 0 Å². The van der Waals surface area contributed by atoms with E-state index in [-0.39, 0.29) is 23.3 Å². The van der Waals surface area contributed by atoms with E-state index in [4.69, 9.17) is 4.74 Å². The number of sulfonamides is 1. The summed E-state index contributed by atoms with van der Waals surface area (Å²) in [4.78, 5) is 25.0. The molecule has 2 amide bonds. The molecule has 0 aliphatic carbocycles. The molecule has 2 aromatic carbocycles. The van der Waals surface area contributed by atoms with Gasteiger partial charge in [0.1, 0.15) is 11.8 Å². The standard InChI is InChI=1S/C23H27N3O5S/c1-13-8-14(2)10-17(9-13)24-23(28)19-6-5-7-26(19)32(29,30)21-12-20-18(11-15(21)3)25-22(27)16(4)31-20/h8-12,16,19H,5-7H2,1-4H3,(H,24,28)(H,25,27)/t16-,19-/m1/s1. The van der Waals surface area contributed by atoms with E-state index in [1.165, 1.54) is 10.4 Å². The highest BCUT2D eigenvalue weighted by Crippen LogP contribution is 2.37. The van der Waals surface area contributed by atoms with E-state index in [2.05, 4.69) is 10.6 Å². The molecule has 9 heteroatoms. The zero-order chi connectivity index (χ0) is 23.2. The SMILES string of the molecule is Cc1cc(C)cc(NC(=O)[C@H]2CCCN2S(=O)(=O)c2cc3c(cc2C)NC(=O)[C@@H](C)O3)c1. The van der Waals surface area contributed by atoms with Crippen molar-refractivity contribution in [2.24, 2.45) is 0 Å². The van der Waals surface area contributed by atoms with Crippen LogP contribution in [0.1, 0.15) is 36.5 Å². The van der Waals surface area contributed by atoms with Gasteiger partial charge in [0.25, 0.3) is 5.91 Å². The predicted octanol–water partition coefficient (Wildman–Crippen LogP) is 3.12. The summed E-state index contributed by atoms with van der Waals surface area (Å²) in [6.45, 7) is 7.41. The number of fused-ring (bicyclic) bond motifs is 1. The summed E-state index contributed by atoms with van der Waals surface area (Å²) < 4.78 is 34.0. The maximum atomic E-state index is 13.6. The summed E-state index contributed by atoms with van der Waals surface area (Å²) in [5, 5.41) is 5.60. The zero-order valence-corrected chi connectivity index (χ0v) is 19.4. The molecule has 4 rings (SSSR count). The molecule has 170 valence electrons. The maximum Gasteiger partial charge on any atom is 0.265 e. The largest absolute Gasteiger partial charge is 0.479 e. The third kappa shape index (κ3) is 4.10. The van der Waals surface area contributed by atoms with E-state index >= 15 is 0 Å². The van der Waals surface area contributed by atoms with Crippen molar-refractivity contribution >= 4 is 33.2 Å². The number of benzene rings is 2. The Labute approximate surface area is 188 Å². The van der Waals surface area contributed by atoms with Crippen LogP contribution in [0.5, 0.6) is 5.75 Å². The fraction of sp³-hybridized carbons (Fsp3) is 0.391. The molecule has 0 bridgehead atoms.